The lowest BCUT2D eigenvalue weighted by atomic mass is 10.2. The Hall–Kier alpha value is -1.76. The number of benzene rings is 1. The van der Waals surface area contributed by atoms with Crippen molar-refractivity contribution in [3.63, 3.8) is 0 Å². The molecule has 6 heteroatoms. The number of aryl methyl sites for hydroxylation is 2. The fraction of sp³-hybridized carbons (Fsp3) is 0.444. The molecule has 1 aliphatic rings. The SMILES string of the molecule is Cc1ccc(-c2nc(C)c(C(=O)N3CCN(CCO)CC3)s2)cc1. The summed E-state index contributed by atoms with van der Waals surface area (Å²) in [4.78, 5) is 22.2. The van der Waals surface area contributed by atoms with Crippen LogP contribution in [-0.2, 0) is 0 Å². The van der Waals surface area contributed by atoms with Crippen LogP contribution in [0.3, 0.4) is 0 Å². The van der Waals surface area contributed by atoms with Gasteiger partial charge in [0.25, 0.3) is 5.91 Å². The summed E-state index contributed by atoms with van der Waals surface area (Å²) in [5.74, 6) is 0.0759. The number of rotatable bonds is 4. The molecule has 0 radical (unpaired) electrons. The number of amides is 1. The van der Waals surface area contributed by atoms with E-state index >= 15 is 0 Å². The third kappa shape index (κ3) is 3.66. The number of nitrogens with zero attached hydrogens (tertiary/aromatic N) is 3. The first kappa shape index (κ1) is 17.1. The third-order valence-electron chi connectivity index (χ3n) is 4.37. The zero-order chi connectivity index (χ0) is 17.1. The van der Waals surface area contributed by atoms with Gasteiger partial charge in [0.05, 0.1) is 12.3 Å². The number of piperazine rings is 1. The van der Waals surface area contributed by atoms with E-state index in [-0.39, 0.29) is 12.5 Å². The maximum Gasteiger partial charge on any atom is 0.265 e. The van der Waals surface area contributed by atoms with Gasteiger partial charge in [-0.1, -0.05) is 29.8 Å². The van der Waals surface area contributed by atoms with Gasteiger partial charge < -0.3 is 10.0 Å². The number of carbonyl (C=O) groups excluding carboxylic acids is 1. The molecule has 2 heterocycles. The van der Waals surface area contributed by atoms with Crippen LogP contribution in [-0.4, -0.2) is 65.1 Å². The Morgan fingerprint density at radius 3 is 2.46 bits per heavy atom. The minimum Gasteiger partial charge on any atom is -0.395 e. The zero-order valence-electron chi connectivity index (χ0n) is 14.2. The number of aliphatic hydroxyl groups is 1. The molecule has 1 N–H and O–H groups in total. The average molecular weight is 345 g/mol. The van der Waals surface area contributed by atoms with Crippen LogP contribution < -0.4 is 0 Å². The highest BCUT2D eigenvalue weighted by molar-refractivity contribution is 7.17. The van der Waals surface area contributed by atoms with Crippen LogP contribution in [0.15, 0.2) is 24.3 Å². The van der Waals surface area contributed by atoms with E-state index in [9.17, 15) is 4.79 Å². The summed E-state index contributed by atoms with van der Waals surface area (Å²) in [6, 6.07) is 8.23. The van der Waals surface area contributed by atoms with Crippen molar-refractivity contribution in [3.05, 3.63) is 40.4 Å². The second-order valence-electron chi connectivity index (χ2n) is 6.16. The lowest BCUT2D eigenvalue weighted by molar-refractivity contribution is 0.0618. The van der Waals surface area contributed by atoms with E-state index in [2.05, 4.69) is 41.1 Å². The highest BCUT2D eigenvalue weighted by atomic mass is 32.1. The summed E-state index contributed by atoms with van der Waals surface area (Å²) >= 11 is 1.48. The summed E-state index contributed by atoms with van der Waals surface area (Å²) in [7, 11) is 0. The van der Waals surface area contributed by atoms with E-state index < -0.39 is 0 Å². The predicted molar refractivity (Wildman–Crippen MR) is 96.5 cm³/mol. The summed E-state index contributed by atoms with van der Waals surface area (Å²) in [5.41, 5.74) is 3.07. The Balaban J connectivity index is 1.73. The van der Waals surface area contributed by atoms with Crippen LogP contribution >= 0.6 is 11.3 Å². The lowest BCUT2D eigenvalue weighted by Crippen LogP contribution is -2.49. The van der Waals surface area contributed by atoms with Crippen LogP contribution in [0.5, 0.6) is 0 Å². The molecule has 0 bridgehead atoms. The number of hydrogen-bond donors (Lipinski definition) is 1. The maximum absolute atomic E-state index is 12.8. The van der Waals surface area contributed by atoms with Gasteiger partial charge in [-0.15, -0.1) is 11.3 Å². The van der Waals surface area contributed by atoms with E-state index in [1.54, 1.807) is 0 Å². The van der Waals surface area contributed by atoms with Crippen LogP contribution in [0.1, 0.15) is 20.9 Å². The molecule has 24 heavy (non-hydrogen) atoms. The fourth-order valence-electron chi connectivity index (χ4n) is 2.87. The van der Waals surface area contributed by atoms with Gasteiger partial charge in [-0.25, -0.2) is 4.98 Å². The van der Waals surface area contributed by atoms with Crippen molar-refractivity contribution in [3.8, 4) is 10.6 Å². The van der Waals surface area contributed by atoms with Crippen molar-refractivity contribution in [2.45, 2.75) is 13.8 Å². The molecule has 2 aromatic rings. The first-order chi connectivity index (χ1) is 11.6. The maximum atomic E-state index is 12.8. The Bertz CT molecular complexity index is 704. The topological polar surface area (TPSA) is 56.7 Å². The summed E-state index contributed by atoms with van der Waals surface area (Å²) < 4.78 is 0. The monoisotopic (exact) mass is 345 g/mol. The lowest BCUT2D eigenvalue weighted by Gasteiger charge is -2.34. The quantitative estimate of drug-likeness (QED) is 0.923. The van der Waals surface area contributed by atoms with Crippen molar-refractivity contribution < 1.29 is 9.90 Å². The summed E-state index contributed by atoms with van der Waals surface area (Å²) in [6.45, 7) is 7.85. The number of aromatic nitrogens is 1. The number of aliphatic hydroxyl groups excluding tert-OH is 1. The van der Waals surface area contributed by atoms with Crippen LogP contribution in [0.4, 0.5) is 0 Å². The minimum absolute atomic E-state index is 0.0759. The second kappa shape index (κ2) is 7.42. The Morgan fingerprint density at radius 1 is 1.17 bits per heavy atom. The first-order valence-corrected chi connectivity index (χ1v) is 9.07. The molecule has 1 aromatic carbocycles. The molecule has 0 unspecified atom stereocenters. The van der Waals surface area contributed by atoms with E-state index in [4.69, 9.17) is 5.11 Å². The number of thiazole rings is 1. The van der Waals surface area contributed by atoms with Gasteiger partial charge in [0.1, 0.15) is 9.88 Å². The summed E-state index contributed by atoms with van der Waals surface area (Å²) in [5, 5.41) is 9.91. The molecule has 1 aromatic heterocycles. The largest absolute Gasteiger partial charge is 0.395 e. The molecule has 0 saturated carbocycles. The molecule has 1 amide bonds. The molecule has 0 aliphatic carbocycles. The van der Waals surface area contributed by atoms with Crippen molar-refractivity contribution >= 4 is 17.2 Å². The number of hydrogen-bond acceptors (Lipinski definition) is 5. The second-order valence-corrected chi connectivity index (χ2v) is 7.16. The Labute approximate surface area is 146 Å². The van der Waals surface area contributed by atoms with Crippen molar-refractivity contribution in [1.82, 2.24) is 14.8 Å². The normalized spacial score (nSPS) is 15.7. The molecule has 3 rings (SSSR count). The average Bonchev–Trinajstić information content (AvgIpc) is 2.98. The van der Waals surface area contributed by atoms with Crippen molar-refractivity contribution in [2.75, 3.05) is 39.3 Å². The van der Waals surface area contributed by atoms with Crippen LogP contribution in [0, 0.1) is 13.8 Å². The van der Waals surface area contributed by atoms with Gasteiger partial charge in [0, 0.05) is 38.3 Å². The predicted octanol–water partition coefficient (Wildman–Crippen LogP) is 2.18. The minimum atomic E-state index is 0.0759. The third-order valence-corrected chi connectivity index (χ3v) is 5.56. The van der Waals surface area contributed by atoms with Gasteiger partial charge >= 0.3 is 0 Å². The molecule has 1 fully saturated rings. The highest BCUT2D eigenvalue weighted by Gasteiger charge is 2.25. The van der Waals surface area contributed by atoms with Gasteiger partial charge in [0.15, 0.2) is 0 Å². The van der Waals surface area contributed by atoms with E-state index in [1.165, 1.54) is 16.9 Å². The van der Waals surface area contributed by atoms with E-state index in [1.807, 2.05) is 11.8 Å². The van der Waals surface area contributed by atoms with Crippen LogP contribution in [0.2, 0.25) is 0 Å². The molecule has 0 spiro atoms. The van der Waals surface area contributed by atoms with Crippen LogP contribution in [0.25, 0.3) is 10.6 Å². The van der Waals surface area contributed by atoms with Gasteiger partial charge in [-0.2, -0.15) is 0 Å². The number of β-amino-alcohol motifs (C(OH)–C–C–N with tert-alkyl or cyclic N) is 1. The molecular weight excluding hydrogens is 322 g/mol. The van der Waals surface area contributed by atoms with Gasteiger partial charge in [0.2, 0.25) is 0 Å². The molecule has 0 atom stereocenters. The molecule has 128 valence electrons. The van der Waals surface area contributed by atoms with Crippen molar-refractivity contribution in [2.24, 2.45) is 0 Å². The smallest absolute Gasteiger partial charge is 0.265 e. The Morgan fingerprint density at radius 2 is 1.83 bits per heavy atom. The highest BCUT2D eigenvalue weighted by Crippen LogP contribution is 2.29. The molecule has 5 nitrogen and oxygen atoms in total. The fourth-order valence-corrected chi connectivity index (χ4v) is 3.91. The zero-order valence-corrected chi connectivity index (χ0v) is 15.0. The standard InChI is InChI=1S/C18H23N3O2S/c1-13-3-5-15(6-4-13)17-19-14(2)16(24-17)18(23)21-9-7-20(8-10-21)11-12-22/h3-6,22H,7-12H2,1-2H3. The Kier molecular flexibility index (Phi) is 5.28. The summed E-state index contributed by atoms with van der Waals surface area (Å²) in [6.07, 6.45) is 0. The molecular formula is C18H23N3O2S. The van der Waals surface area contributed by atoms with Gasteiger partial charge in [-0.3, -0.25) is 9.69 Å². The van der Waals surface area contributed by atoms with E-state index in [0.717, 1.165) is 34.2 Å². The van der Waals surface area contributed by atoms with E-state index in [0.29, 0.717) is 19.6 Å². The number of carbonyl (C=O) groups is 1. The van der Waals surface area contributed by atoms with Crippen molar-refractivity contribution in [1.29, 1.82) is 0 Å². The van der Waals surface area contributed by atoms with Gasteiger partial charge in [-0.05, 0) is 13.8 Å². The molecule has 1 saturated heterocycles. The first-order valence-electron chi connectivity index (χ1n) is 8.25. The molecule has 1 aliphatic heterocycles.